The summed E-state index contributed by atoms with van der Waals surface area (Å²) in [4.78, 5) is 0.341. The van der Waals surface area contributed by atoms with E-state index in [2.05, 4.69) is 9.44 Å². The Morgan fingerprint density at radius 3 is 1.10 bits per heavy atom. The van der Waals surface area contributed by atoms with Crippen molar-refractivity contribution in [2.24, 2.45) is 0 Å². The molecule has 0 atom stereocenters. The second-order valence-electron chi connectivity index (χ2n) is 8.81. The molecule has 0 bridgehead atoms. The van der Waals surface area contributed by atoms with Crippen molar-refractivity contribution >= 4 is 20.0 Å². The minimum absolute atomic E-state index is 0.165. The number of nitrogens with one attached hydrogen (secondary N) is 2. The summed E-state index contributed by atoms with van der Waals surface area (Å²) in [6.07, 6.45) is 0.527. The zero-order chi connectivity index (χ0) is 27.9. The quantitative estimate of drug-likeness (QED) is 0.265. The summed E-state index contributed by atoms with van der Waals surface area (Å²) in [6.45, 7) is 0.330. The lowest BCUT2D eigenvalue weighted by Crippen LogP contribution is -2.23. The van der Waals surface area contributed by atoms with Gasteiger partial charge in [-0.1, -0.05) is 48.5 Å². The van der Waals surface area contributed by atoms with Crippen molar-refractivity contribution in [3.8, 4) is 11.5 Å². The fraction of sp³-hybridized carbons (Fsp3) is 0.172. The zero-order valence-electron chi connectivity index (χ0n) is 21.6. The van der Waals surface area contributed by atoms with E-state index in [-0.39, 0.29) is 22.9 Å². The lowest BCUT2D eigenvalue weighted by molar-refractivity contribution is 0.414. The first-order valence-electron chi connectivity index (χ1n) is 12.1. The topological polar surface area (TPSA) is 111 Å². The van der Waals surface area contributed by atoms with E-state index in [4.69, 9.17) is 9.47 Å². The van der Waals surface area contributed by atoms with Crippen LogP contribution >= 0.6 is 0 Å². The minimum atomic E-state index is -3.68. The van der Waals surface area contributed by atoms with Crippen LogP contribution in [-0.2, 0) is 39.6 Å². The van der Waals surface area contributed by atoms with Gasteiger partial charge in [0.1, 0.15) is 11.5 Å². The molecular formula is C29H30N2O6S2. The molecule has 0 saturated heterocycles. The standard InChI is InChI=1S/C29H30N2O6S2/c1-36-26-11-3-24(4-12-26)20-30-38(32,33)28-15-7-22(8-16-28)19-23-9-17-29(18-10-23)39(34,35)31-21-25-5-13-27(37-2)14-6-25/h3-18,30-31H,19-21H2,1-2H3. The normalized spacial score (nSPS) is 11.7. The number of rotatable bonds is 12. The molecule has 4 rings (SSSR count). The van der Waals surface area contributed by atoms with E-state index >= 15 is 0 Å². The molecule has 0 aliphatic rings. The Balaban J connectivity index is 1.33. The van der Waals surface area contributed by atoms with Crippen molar-refractivity contribution in [1.29, 1.82) is 0 Å². The summed E-state index contributed by atoms with van der Waals surface area (Å²) < 4.78 is 66.2. The number of ether oxygens (including phenoxy) is 2. The van der Waals surface area contributed by atoms with E-state index in [1.807, 2.05) is 0 Å². The van der Waals surface area contributed by atoms with Crippen molar-refractivity contribution in [2.45, 2.75) is 29.3 Å². The molecule has 39 heavy (non-hydrogen) atoms. The Morgan fingerprint density at radius 2 is 0.795 bits per heavy atom. The van der Waals surface area contributed by atoms with Gasteiger partial charge in [0.15, 0.2) is 0 Å². The van der Waals surface area contributed by atoms with E-state index in [1.165, 1.54) is 0 Å². The van der Waals surface area contributed by atoms with E-state index in [1.54, 1.807) is 111 Å². The molecule has 0 aliphatic heterocycles. The lowest BCUT2D eigenvalue weighted by Gasteiger charge is -2.10. The molecule has 204 valence electrons. The summed E-state index contributed by atoms with van der Waals surface area (Å²) >= 11 is 0. The van der Waals surface area contributed by atoms with Crippen molar-refractivity contribution in [1.82, 2.24) is 9.44 Å². The van der Waals surface area contributed by atoms with Crippen LogP contribution in [0, 0.1) is 0 Å². The van der Waals surface area contributed by atoms with Gasteiger partial charge in [-0.3, -0.25) is 0 Å². The third-order valence-corrected chi connectivity index (χ3v) is 8.96. The second kappa shape index (κ2) is 12.4. The molecule has 4 aromatic rings. The summed E-state index contributed by atoms with van der Waals surface area (Å²) in [6, 6.07) is 27.6. The molecule has 0 fully saturated rings. The Morgan fingerprint density at radius 1 is 0.487 bits per heavy atom. The Labute approximate surface area is 229 Å². The largest absolute Gasteiger partial charge is 0.497 e. The summed E-state index contributed by atoms with van der Waals surface area (Å²) in [7, 11) is -4.20. The SMILES string of the molecule is COc1ccc(CNS(=O)(=O)c2ccc(Cc3ccc(S(=O)(=O)NCc4ccc(OC)cc4)cc3)cc2)cc1. The molecule has 4 aromatic carbocycles. The van der Waals surface area contributed by atoms with E-state index in [0.717, 1.165) is 22.3 Å². The fourth-order valence-corrected chi connectivity index (χ4v) is 5.85. The van der Waals surface area contributed by atoms with Crippen LogP contribution in [0.5, 0.6) is 11.5 Å². The number of sulfonamides is 2. The molecule has 0 amide bonds. The number of benzene rings is 4. The lowest BCUT2D eigenvalue weighted by atomic mass is 10.1. The van der Waals surface area contributed by atoms with Gasteiger partial charge in [-0.2, -0.15) is 0 Å². The van der Waals surface area contributed by atoms with Gasteiger partial charge in [-0.05, 0) is 77.2 Å². The maximum Gasteiger partial charge on any atom is 0.240 e. The Kier molecular flexibility index (Phi) is 9.03. The number of methoxy groups -OCH3 is 2. The van der Waals surface area contributed by atoms with Crippen molar-refractivity contribution in [3.63, 3.8) is 0 Å². The monoisotopic (exact) mass is 566 g/mol. The van der Waals surface area contributed by atoms with Crippen LogP contribution in [0.25, 0.3) is 0 Å². The van der Waals surface area contributed by atoms with Crippen LogP contribution in [0.15, 0.2) is 107 Å². The van der Waals surface area contributed by atoms with Crippen molar-refractivity contribution in [3.05, 3.63) is 119 Å². The smallest absolute Gasteiger partial charge is 0.240 e. The summed E-state index contributed by atoms with van der Waals surface area (Å²) in [5, 5.41) is 0. The molecule has 2 N–H and O–H groups in total. The van der Waals surface area contributed by atoms with Crippen LogP contribution in [-0.4, -0.2) is 31.1 Å². The first kappa shape index (κ1) is 28.3. The molecule has 0 radical (unpaired) electrons. The van der Waals surface area contributed by atoms with Crippen molar-refractivity contribution in [2.75, 3.05) is 14.2 Å². The van der Waals surface area contributed by atoms with E-state index in [0.29, 0.717) is 17.9 Å². The highest BCUT2D eigenvalue weighted by Crippen LogP contribution is 2.18. The Hall–Kier alpha value is -3.70. The van der Waals surface area contributed by atoms with Crippen LogP contribution in [0.3, 0.4) is 0 Å². The molecule has 0 aromatic heterocycles. The molecule has 0 spiro atoms. The number of hydrogen-bond donors (Lipinski definition) is 2. The predicted molar refractivity (Wildman–Crippen MR) is 150 cm³/mol. The van der Waals surface area contributed by atoms with Crippen LogP contribution in [0.2, 0.25) is 0 Å². The van der Waals surface area contributed by atoms with Gasteiger partial charge in [0.25, 0.3) is 0 Å². The summed E-state index contributed by atoms with van der Waals surface area (Å²) in [5.74, 6) is 1.41. The molecule has 0 heterocycles. The van der Waals surface area contributed by atoms with Crippen LogP contribution in [0.4, 0.5) is 0 Å². The van der Waals surface area contributed by atoms with E-state index < -0.39 is 20.0 Å². The highest BCUT2D eigenvalue weighted by molar-refractivity contribution is 7.89. The molecular weight excluding hydrogens is 536 g/mol. The van der Waals surface area contributed by atoms with Crippen LogP contribution < -0.4 is 18.9 Å². The van der Waals surface area contributed by atoms with E-state index in [9.17, 15) is 16.8 Å². The van der Waals surface area contributed by atoms with Gasteiger partial charge in [0.2, 0.25) is 20.0 Å². The highest BCUT2D eigenvalue weighted by atomic mass is 32.2. The summed E-state index contributed by atoms with van der Waals surface area (Å²) in [5.41, 5.74) is 3.43. The zero-order valence-corrected chi connectivity index (χ0v) is 23.3. The number of hydrogen-bond acceptors (Lipinski definition) is 6. The molecule has 8 nitrogen and oxygen atoms in total. The average Bonchev–Trinajstić information content (AvgIpc) is 2.96. The third-order valence-electron chi connectivity index (χ3n) is 6.13. The van der Waals surface area contributed by atoms with Gasteiger partial charge in [-0.25, -0.2) is 26.3 Å². The first-order chi connectivity index (χ1) is 18.7. The maximum absolute atomic E-state index is 12.7. The molecule has 0 aliphatic carbocycles. The Bertz CT molecular complexity index is 1460. The molecule has 10 heteroatoms. The predicted octanol–water partition coefficient (Wildman–Crippen LogP) is 4.25. The van der Waals surface area contributed by atoms with Gasteiger partial charge < -0.3 is 9.47 Å². The highest BCUT2D eigenvalue weighted by Gasteiger charge is 2.15. The van der Waals surface area contributed by atoms with Crippen LogP contribution in [0.1, 0.15) is 22.3 Å². The fourth-order valence-electron chi connectivity index (χ4n) is 3.82. The molecule has 0 unspecified atom stereocenters. The third kappa shape index (κ3) is 7.67. The van der Waals surface area contributed by atoms with Gasteiger partial charge in [0, 0.05) is 13.1 Å². The van der Waals surface area contributed by atoms with Crippen molar-refractivity contribution < 1.29 is 26.3 Å². The van der Waals surface area contributed by atoms with Gasteiger partial charge in [0.05, 0.1) is 24.0 Å². The first-order valence-corrected chi connectivity index (χ1v) is 15.1. The second-order valence-corrected chi connectivity index (χ2v) is 12.3. The van der Waals surface area contributed by atoms with Gasteiger partial charge in [-0.15, -0.1) is 0 Å². The molecule has 0 saturated carbocycles. The average molecular weight is 567 g/mol. The van der Waals surface area contributed by atoms with Gasteiger partial charge >= 0.3 is 0 Å². The minimum Gasteiger partial charge on any atom is -0.497 e. The maximum atomic E-state index is 12.7.